The molecule has 0 radical (unpaired) electrons. The van der Waals surface area contributed by atoms with Gasteiger partial charge in [0.1, 0.15) is 0 Å². The molecule has 1 aliphatic rings. The number of thiophene rings is 1. The van der Waals surface area contributed by atoms with E-state index in [1.807, 2.05) is 0 Å². The van der Waals surface area contributed by atoms with Crippen LogP contribution in [0.5, 0.6) is 0 Å². The van der Waals surface area contributed by atoms with Gasteiger partial charge in [-0.2, -0.15) is 24.1 Å². The fourth-order valence-corrected chi connectivity index (χ4v) is 3.34. The minimum atomic E-state index is -4.87. The molecule has 1 aromatic rings. The molecular formula is C11H12N2O7S2. The Morgan fingerprint density at radius 2 is 2.18 bits per heavy atom. The fourth-order valence-electron chi connectivity index (χ4n) is 1.90. The molecule has 1 aromatic heterocycles. The minimum absolute atomic E-state index is 0.00391. The minimum Gasteiger partial charge on any atom is -0.438 e. The summed E-state index contributed by atoms with van der Waals surface area (Å²) in [6.45, 7) is 1.01. The molecule has 0 aliphatic carbocycles. The third kappa shape index (κ3) is 3.43. The smallest absolute Gasteiger partial charge is 0.365 e. The molecule has 1 fully saturated rings. The first-order valence-corrected chi connectivity index (χ1v) is 8.32. The molecule has 2 rings (SSSR count). The number of nitrogens with zero attached hydrogens (tertiary/aromatic N) is 1. The van der Waals surface area contributed by atoms with Gasteiger partial charge >= 0.3 is 16.3 Å². The quantitative estimate of drug-likeness (QED) is 0.409. The highest BCUT2D eigenvalue weighted by molar-refractivity contribution is 7.84. The van der Waals surface area contributed by atoms with Gasteiger partial charge in [0.2, 0.25) is 12.1 Å². The Balaban J connectivity index is 2.07. The number of rotatable bonds is 5. The zero-order valence-electron chi connectivity index (χ0n) is 11.3. The number of nitrogens with one attached hydrogen (secondary N) is 1. The standard InChI is InChI=1S/C11H12N2O7S2/c1-6(14)20-11-9(10(16)13(11)22(17,18)19)12-8(15)4-7-2-3-21-5-7/h2-3,5,9,11H,4H2,1H3,(H,12,15)(H,17,18,19)/t9-,11-/m1/s1. The van der Waals surface area contributed by atoms with E-state index in [0.29, 0.717) is 0 Å². The van der Waals surface area contributed by atoms with Crippen LogP contribution in [-0.4, -0.2) is 47.3 Å². The van der Waals surface area contributed by atoms with Crippen molar-refractivity contribution in [2.45, 2.75) is 25.6 Å². The van der Waals surface area contributed by atoms with Crippen molar-refractivity contribution in [3.63, 3.8) is 0 Å². The Labute approximate surface area is 129 Å². The molecule has 0 unspecified atom stereocenters. The van der Waals surface area contributed by atoms with Crippen LogP contribution < -0.4 is 5.32 Å². The Morgan fingerprint density at radius 1 is 1.50 bits per heavy atom. The van der Waals surface area contributed by atoms with E-state index in [2.05, 4.69) is 10.1 Å². The SMILES string of the molecule is CC(=O)O[C@@H]1[C@H](NC(=O)Cc2ccsc2)C(=O)N1S(=O)(=O)O. The van der Waals surface area contributed by atoms with E-state index in [1.54, 1.807) is 16.8 Å². The fraction of sp³-hybridized carbons (Fsp3) is 0.364. The number of amides is 2. The second-order valence-corrected chi connectivity index (χ2v) is 6.53. The van der Waals surface area contributed by atoms with E-state index in [9.17, 15) is 22.8 Å². The van der Waals surface area contributed by atoms with E-state index in [4.69, 9.17) is 4.55 Å². The number of hydrogen-bond acceptors (Lipinski definition) is 7. The van der Waals surface area contributed by atoms with Gasteiger partial charge in [0.15, 0.2) is 6.04 Å². The summed E-state index contributed by atoms with van der Waals surface area (Å²) < 4.78 is 35.7. The van der Waals surface area contributed by atoms with E-state index < -0.39 is 40.4 Å². The largest absolute Gasteiger partial charge is 0.438 e. The van der Waals surface area contributed by atoms with Crippen LogP contribution in [0.4, 0.5) is 0 Å². The summed E-state index contributed by atoms with van der Waals surface area (Å²) in [6, 6.07) is 0.373. The lowest BCUT2D eigenvalue weighted by Gasteiger charge is -2.42. The summed E-state index contributed by atoms with van der Waals surface area (Å²) in [4.78, 5) is 34.5. The average molecular weight is 348 g/mol. The third-order valence-corrected chi connectivity index (χ3v) is 4.41. The molecule has 2 heterocycles. The number of carbonyl (C=O) groups is 3. The molecule has 2 amide bonds. The zero-order chi connectivity index (χ0) is 16.5. The van der Waals surface area contributed by atoms with Crippen LogP contribution in [0.15, 0.2) is 16.8 Å². The first kappa shape index (κ1) is 16.4. The molecule has 0 spiro atoms. The summed E-state index contributed by atoms with van der Waals surface area (Å²) in [5, 5.41) is 5.81. The Morgan fingerprint density at radius 3 is 2.68 bits per heavy atom. The average Bonchev–Trinajstić information content (AvgIpc) is 2.86. The van der Waals surface area contributed by atoms with Crippen molar-refractivity contribution in [3.8, 4) is 0 Å². The third-order valence-electron chi connectivity index (χ3n) is 2.80. The van der Waals surface area contributed by atoms with Crippen molar-refractivity contribution in [2.24, 2.45) is 0 Å². The van der Waals surface area contributed by atoms with Gasteiger partial charge in [0.05, 0.1) is 6.42 Å². The summed E-state index contributed by atoms with van der Waals surface area (Å²) >= 11 is 1.40. The Kier molecular flexibility index (Phi) is 4.49. The van der Waals surface area contributed by atoms with Crippen molar-refractivity contribution in [1.29, 1.82) is 0 Å². The van der Waals surface area contributed by atoms with Gasteiger partial charge in [-0.05, 0) is 22.4 Å². The maximum atomic E-state index is 11.8. The first-order chi connectivity index (χ1) is 10.2. The van der Waals surface area contributed by atoms with E-state index in [0.717, 1.165) is 12.5 Å². The molecule has 2 atom stereocenters. The van der Waals surface area contributed by atoms with Crippen molar-refractivity contribution < 1.29 is 32.1 Å². The highest BCUT2D eigenvalue weighted by atomic mass is 32.2. The lowest BCUT2D eigenvalue weighted by molar-refractivity contribution is -0.178. The van der Waals surface area contributed by atoms with E-state index in [1.165, 1.54) is 11.3 Å². The molecule has 1 saturated heterocycles. The molecule has 22 heavy (non-hydrogen) atoms. The molecule has 0 saturated carbocycles. The van der Waals surface area contributed by atoms with Gasteiger partial charge in [-0.25, -0.2) is 0 Å². The maximum absolute atomic E-state index is 11.8. The van der Waals surface area contributed by atoms with Crippen molar-refractivity contribution in [3.05, 3.63) is 22.4 Å². The molecule has 1 aliphatic heterocycles. The zero-order valence-corrected chi connectivity index (χ0v) is 12.9. The van der Waals surface area contributed by atoms with Gasteiger partial charge in [-0.3, -0.25) is 18.9 Å². The van der Waals surface area contributed by atoms with Gasteiger partial charge in [0, 0.05) is 6.92 Å². The molecule has 2 N–H and O–H groups in total. The predicted octanol–water partition coefficient (Wildman–Crippen LogP) is -0.690. The molecule has 11 heteroatoms. The van der Waals surface area contributed by atoms with Crippen molar-refractivity contribution in [2.75, 3.05) is 0 Å². The maximum Gasteiger partial charge on any atom is 0.365 e. The number of β-lactam (4-membered cyclic amide) rings is 1. The topological polar surface area (TPSA) is 130 Å². The van der Waals surface area contributed by atoms with Crippen LogP contribution in [0, 0.1) is 0 Å². The van der Waals surface area contributed by atoms with Crippen LogP contribution in [0.1, 0.15) is 12.5 Å². The van der Waals surface area contributed by atoms with Crippen molar-refractivity contribution >= 4 is 39.4 Å². The molecule has 9 nitrogen and oxygen atoms in total. The van der Waals surface area contributed by atoms with Crippen molar-refractivity contribution in [1.82, 2.24) is 9.62 Å². The lowest BCUT2D eigenvalue weighted by atomic mass is 10.1. The van der Waals surface area contributed by atoms with Crippen LogP contribution in [-0.2, 0) is 35.8 Å². The first-order valence-electron chi connectivity index (χ1n) is 5.98. The summed E-state index contributed by atoms with van der Waals surface area (Å²) in [7, 11) is -4.87. The molecule has 0 bridgehead atoms. The number of hydrogen-bond donors (Lipinski definition) is 2. The van der Waals surface area contributed by atoms with E-state index in [-0.39, 0.29) is 10.7 Å². The number of carbonyl (C=O) groups excluding carboxylic acids is 3. The van der Waals surface area contributed by atoms with Crippen LogP contribution in [0.3, 0.4) is 0 Å². The summed E-state index contributed by atoms with van der Waals surface area (Å²) in [5.74, 6) is -2.47. The second-order valence-electron chi connectivity index (χ2n) is 4.47. The lowest BCUT2D eigenvalue weighted by Crippen LogP contribution is -2.73. The number of esters is 1. The summed E-state index contributed by atoms with van der Waals surface area (Å²) in [6.07, 6.45) is -1.60. The molecular weight excluding hydrogens is 336 g/mol. The molecule has 120 valence electrons. The Hall–Kier alpha value is -1.98. The Bertz CT molecular complexity index is 698. The monoisotopic (exact) mass is 348 g/mol. The van der Waals surface area contributed by atoms with Crippen LogP contribution >= 0.6 is 11.3 Å². The van der Waals surface area contributed by atoms with Crippen LogP contribution in [0.25, 0.3) is 0 Å². The molecule has 0 aromatic carbocycles. The highest BCUT2D eigenvalue weighted by Crippen LogP contribution is 2.25. The normalized spacial score (nSPS) is 21.2. The number of ether oxygens (including phenoxy) is 1. The van der Waals surface area contributed by atoms with Gasteiger partial charge < -0.3 is 10.1 Å². The van der Waals surface area contributed by atoms with Gasteiger partial charge in [0.25, 0.3) is 5.91 Å². The summed E-state index contributed by atoms with van der Waals surface area (Å²) in [5.41, 5.74) is 0.727. The van der Waals surface area contributed by atoms with Crippen LogP contribution in [0.2, 0.25) is 0 Å². The highest BCUT2D eigenvalue weighted by Gasteiger charge is 2.56. The predicted molar refractivity (Wildman–Crippen MR) is 73.9 cm³/mol. The van der Waals surface area contributed by atoms with Gasteiger partial charge in [-0.15, -0.1) is 0 Å². The second kappa shape index (κ2) is 6.02. The van der Waals surface area contributed by atoms with Gasteiger partial charge in [-0.1, -0.05) is 0 Å². The van der Waals surface area contributed by atoms with E-state index >= 15 is 0 Å².